The summed E-state index contributed by atoms with van der Waals surface area (Å²) in [6.45, 7) is 1.53. The molecule has 0 bridgehead atoms. The van der Waals surface area contributed by atoms with Gasteiger partial charge >= 0.3 is 0 Å². The first kappa shape index (κ1) is 16.4. The van der Waals surface area contributed by atoms with Gasteiger partial charge in [0.25, 0.3) is 10.2 Å². The van der Waals surface area contributed by atoms with Crippen molar-refractivity contribution >= 4 is 10.2 Å². The summed E-state index contributed by atoms with van der Waals surface area (Å²) in [6.07, 6.45) is 2.15. The van der Waals surface area contributed by atoms with E-state index in [1.807, 2.05) is 18.2 Å². The first-order valence-electron chi connectivity index (χ1n) is 7.34. The number of piperidine rings is 1. The van der Waals surface area contributed by atoms with Crippen molar-refractivity contribution in [3.8, 4) is 0 Å². The van der Waals surface area contributed by atoms with Gasteiger partial charge < -0.3 is 0 Å². The topological polar surface area (TPSA) is 52.7 Å². The van der Waals surface area contributed by atoms with Crippen LogP contribution in [0.5, 0.6) is 0 Å². The van der Waals surface area contributed by atoms with Crippen LogP contribution in [0, 0.1) is 5.92 Å². The van der Waals surface area contributed by atoms with Crippen molar-refractivity contribution in [2.24, 2.45) is 5.92 Å². The predicted molar refractivity (Wildman–Crippen MR) is 85.1 cm³/mol. The lowest BCUT2D eigenvalue weighted by Crippen LogP contribution is -2.44. The largest absolute Gasteiger partial charge is 0.299 e. The molecule has 1 aliphatic heterocycles. The molecule has 1 N–H and O–H groups in total. The summed E-state index contributed by atoms with van der Waals surface area (Å²) >= 11 is 0. The van der Waals surface area contributed by atoms with Gasteiger partial charge in [-0.3, -0.25) is 4.90 Å². The summed E-state index contributed by atoms with van der Waals surface area (Å²) in [4.78, 5) is 2.33. The van der Waals surface area contributed by atoms with Crippen LogP contribution < -0.4 is 4.72 Å². The molecular weight excluding hydrogens is 286 g/mol. The normalized spacial score (nSPS) is 24.4. The molecule has 2 atom stereocenters. The molecule has 0 unspecified atom stereocenters. The molecule has 1 aromatic rings. The van der Waals surface area contributed by atoms with Crippen molar-refractivity contribution < 1.29 is 8.42 Å². The standard InChI is InChI=1S/C15H25N3O2S/c1-17(2)21(19,20)16-12-14-10-7-11-18(3)15(14)13-8-5-4-6-9-13/h4-6,8-9,14-16H,7,10-12H2,1-3H3/t14-,15+/m1/s1. The summed E-state index contributed by atoms with van der Waals surface area (Å²) < 4.78 is 27.7. The fraction of sp³-hybridized carbons (Fsp3) is 0.600. The highest BCUT2D eigenvalue weighted by molar-refractivity contribution is 7.87. The van der Waals surface area contributed by atoms with Crippen LogP contribution in [0.1, 0.15) is 24.4 Å². The molecule has 1 aliphatic rings. The number of likely N-dealkylation sites (tertiary alicyclic amines) is 1. The molecule has 21 heavy (non-hydrogen) atoms. The first-order chi connectivity index (χ1) is 9.92. The Morgan fingerprint density at radius 3 is 2.57 bits per heavy atom. The van der Waals surface area contributed by atoms with Gasteiger partial charge in [0.1, 0.15) is 0 Å². The zero-order valence-corrected chi connectivity index (χ0v) is 13.8. The smallest absolute Gasteiger partial charge is 0.278 e. The Morgan fingerprint density at radius 2 is 1.95 bits per heavy atom. The first-order valence-corrected chi connectivity index (χ1v) is 8.78. The Morgan fingerprint density at radius 1 is 1.29 bits per heavy atom. The summed E-state index contributed by atoms with van der Waals surface area (Å²) in [5.74, 6) is 0.292. The molecule has 1 saturated heterocycles. The number of benzene rings is 1. The number of nitrogens with one attached hydrogen (secondary N) is 1. The van der Waals surface area contributed by atoms with E-state index in [2.05, 4.69) is 28.8 Å². The van der Waals surface area contributed by atoms with Gasteiger partial charge in [0.15, 0.2) is 0 Å². The van der Waals surface area contributed by atoms with Crippen molar-refractivity contribution in [2.45, 2.75) is 18.9 Å². The summed E-state index contributed by atoms with van der Waals surface area (Å²) in [6, 6.07) is 10.6. The molecule has 0 aromatic heterocycles. The van der Waals surface area contributed by atoms with E-state index in [0.717, 1.165) is 19.4 Å². The van der Waals surface area contributed by atoms with E-state index in [0.29, 0.717) is 12.5 Å². The van der Waals surface area contributed by atoms with Crippen molar-refractivity contribution in [1.82, 2.24) is 13.9 Å². The van der Waals surface area contributed by atoms with Crippen LogP contribution in [0.25, 0.3) is 0 Å². The van der Waals surface area contributed by atoms with E-state index in [1.54, 1.807) is 14.1 Å². The lowest BCUT2D eigenvalue weighted by atomic mass is 9.85. The molecule has 0 aliphatic carbocycles. The molecule has 0 radical (unpaired) electrons. The van der Waals surface area contributed by atoms with E-state index >= 15 is 0 Å². The van der Waals surface area contributed by atoms with Crippen LogP contribution in [-0.2, 0) is 10.2 Å². The molecule has 1 heterocycles. The minimum absolute atomic E-state index is 0.268. The number of hydrogen-bond donors (Lipinski definition) is 1. The second-order valence-corrected chi connectivity index (χ2v) is 7.84. The van der Waals surface area contributed by atoms with Crippen molar-refractivity contribution in [1.29, 1.82) is 0 Å². The third kappa shape index (κ3) is 4.03. The van der Waals surface area contributed by atoms with Gasteiger partial charge in [0, 0.05) is 26.7 Å². The maximum Gasteiger partial charge on any atom is 0.278 e. The number of rotatable bonds is 5. The maximum absolute atomic E-state index is 11.9. The Bertz CT molecular complexity index is 545. The van der Waals surface area contributed by atoms with Crippen molar-refractivity contribution in [3.05, 3.63) is 35.9 Å². The average Bonchev–Trinajstić information content (AvgIpc) is 2.46. The van der Waals surface area contributed by atoms with E-state index in [4.69, 9.17) is 0 Å². The summed E-state index contributed by atoms with van der Waals surface area (Å²) in [7, 11) is 1.85. The lowest BCUT2D eigenvalue weighted by Gasteiger charge is -2.39. The van der Waals surface area contributed by atoms with E-state index in [-0.39, 0.29) is 6.04 Å². The zero-order chi connectivity index (χ0) is 15.5. The van der Waals surface area contributed by atoms with Gasteiger partial charge in [-0.15, -0.1) is 0 Å². The highest BCUT2D eigenvalue weighted by atomic mass is 32.2. The maximum atomic E-state index is 11.9. The fourth-order valence-corrected chi connectivity index (χ4v) is 3.67. The molecule has 118 valence electrons. The molecule has 6 heteroatoms. The Labute approximate surface area is 128 Å². The Hall–Kier alpha value is -0.950. The highest BCUT2D eigenvalue weighted by Crippen LogP contribution is 2.34. The van der Waals surface area contributed by atoms with Crippen LogP contribution in [-0.4, -0.2) is 51.9 Å². The minimum atomic E-state index is -3.36. The Balaban J connectivity index is 2.12. The van der Waals surface area contributed by atoms with E-state index in [1.165, 1.54) is 9.87 Å². The fourth-order valence-electron chi connectivity index (χ4n) is 2.99. The van der Waals surface area contributed by atoms with Gasteiger partial charge in [-0.2, -0.15) is 12.7 Å². The van der Waals surface area contributed by atoms with E-state index < -0.39 is 10.2 Å². The zero-order valence-electron chi connectivity index (χ0n) is 13.0. The van der Waals surface area contributed by atoms with Gasteiger partial charge in [-0.1, -0.05) is 30.3 Å². The van der Waals surface area contributed by atoms with Crippen LogP contribution in [0.2, 0.25) is 0 Å². The van der Waals surface area contributed by atoms with Gasteiger partial charge in [-0.05, 0) is 37.9 Å². The number of nitrogens with zero attached hydrogens (tertiary/aromatic N) is 2. The third-order valence-corrected chi connectivity index (χ3v) is 5.65. The van der Waals surface area contributed by atoms with Crippen molar-refractivity contribution in [2.75, 3.05) is 34.2 Å². The molecule has 2 rings (SSSR count). The molecular formula is C15H25N3O2S. The molecule has 0 amide bonds. The molecule has 1 aromatic carbocycles. The van der Waals surface area contributed by atoms with Gasteiger partial charge in [-0.25, -0.2) is 4.72 Å². The van der Waals surface area contributed by atoms with Crippen LogP contribution in [0.3, 0.4) is 0 Å². The summed E-state index contributed by atoms with van der Waals surface area (Å²) in [5, 5.41) is 0. The van der Waals surface area contributed by atoms with E-state index in [9.17, 15) is 8.42 Å². The molecule has 5 nitrogen and oxygen atoms in total. The lowest BCUT2D eigenvalue weighted by molar-refractivity contribution is 0.123. The minimum Gasteiger partial charge on any atom is -0.299 e. The highest BCUT2D eigenvalue weighted by Gasteiger charge is 2.31. The predicted octanol–water partition coefficient (Wildman–Crippen LogP) is 1.47. The third-order valence-electron chi connectivity index (χ3n) is 4.16. The molecule has 0 spiro atoms. The Kier molecular flexibility index (Phi) is 5.37. The quantitative estimate of drug-likeness (QED) is 0.896. The van der Waals surface area contributed by atoms with Gasteiger partial charge in [0.05, 0.1) is 0 Å². The van der Waals surface area contributed by atoms with Crippen LogP contribution >= 0.6 is 0 Å². The second-order valence-electron chi connectivity index (χ2n) is 5.87. The monoisotopic (exact) mass is 311 g/mol. The average molecular weight is 311 g/mol. The molecule has 1 fully saturated rings. The van der Waals surface area contributed by atoms with Gasteiger partial charge in [0.2, 0.25) is 0 Å². The summed E-state index contributed by atoms with van der Waals surface area (Å²) in [5.41, 5.74) is 1.26. The number of hydrogen-bond acceptors (Lipinski definition) is 3. The molecule has 0 saturated carbocycles. The second kappa shape index (κ2) is 6.87. The SMILES string of the molecule is CN1CCC[C@H](CNS(=O)(=O)N(C)C)[C@@H]1c1ccccc1. The van der Waals surface area contributed by atoms with Crippen molar-refractivity contribution in [3.63, 3.8) is 0 Å². The van der Waals surface area contributed by atoms with Crippen LogP contribution in [0.15, 0.2) is 30.3 Å². The van der Waals surface area contributed by atoms with Crippen LogP contribution in [0.4, 0.5) is 0 Å².